The first-order valence-corrected chi connectivity index (χ1v) is 8.81. The summed E-state index contributed by atoms with van der Waals surface area (Å²) in [5.74, 6) is 0.927. The average Bonchev–Trinajstić information content (AvgIpc) is 2.99. The summed E-state index contributed by atoms with van der Waals surface area (Å²) in [4.78, 5) is 14.6. The van der Waals surface area contributed by atoms with Crippen LogP contribution >= 0.6 is 35.0 Å². The van der Waals surface area contributed by atoms with Crippen LogP contribution in [0.25, 0.3) is 0 Å². The Morgan fingerprint density at radius 1 is 1.18 bits per heavy atom. The highest BCUT2D eigenvalue weighted by molar-refractivity contribution is 7.99. The van der Waals surface area contributed by atoms with Crippen LogP contribution < -0.4 is 0 Å². The minimum atomic E-state index is -0.0833. The number of carbonyl (C=O) groups excluding carboxylic acids is 1. The van der Waals surface area contributed by atoms with Crippen LogP contribution in [0.4, 0.5) is 0 Å². The molecule has 2 aromatic rings. The Hall–Kier alpha value is -1.16. The van der Waals surface area contributed by atoms with E-state index in [2.05, 4.69) is 0 Å². The van der Waals surface area contributed by atoms with Crippen LogP contribution in [-0.2, 0) is 0 Å². The average molecular weight is 352 g/mol. The van der Waals surface area contributed by atoms with E-state index in [1.54, 1.807) is 17.8 Å². The van der Waals surface area contributed by atoms with Crippen molar-refractivity contribution in [1.29, 1.82) is 0 Å². The van der Waals surface area contributed by atoms with Crippen molar-refractivity contribution in [3.63, 3.8) is 0 Å². The topological polar surface area (TPSA) is 20.3 Å². The molecule has 1 unspecified atom stereocenters. The zero-order valence-electron chi connectivity index (χ0n) is 12.1. The maximum Gasteiger partial charge on any atom is 0.255 e. The fraction of sp³-hybridized carbons (Fsp3) is 0.235. The largest absolute Gasteiger partial charge is 0.322 e. The number of aryl methyl sites for hydroxylation is 1. The van der Waals surface area contributed by atoms with E-state index >= 15 is 0 Å². The predicted octanol–water partition coefficient (Wildman–Crippen LogP) is 5.19. The number of amides is 1. The molecule has 2 aromatic carbocycles. The van der Waals surface area contributed by atoms with Gasteiger partial charge in [0.2, 0.25) is 0 Å². The van der Waals surface area contributed by atoms with Crippen molar-refractivity contribution in [3.05, 3.63) is 69.2 Å². The number of benzene rings is 2. The highest BCUT2D eigenvalue weighted by Gasteiger charge is 2.32. The van der Waals surface area contributed by atoms with Gasteiger partial charge in [-0.3, -0.25) is 4.79 Å². The number of rotatable bonds is 2. The standard InChI is InChI=1S/C17H15Cl2NOS/c1-11-5-7-12(8-6-11)16(21)20-9-10-22-17(20)13-3-2-4-14(18)15(13)19/h2-8,17H,9-10H2,1H3. The lowest BCUT2D eigenvalue weighted by atomic mass is 10.1. The molecule has 0 saturated carbocycles. The predicted molar refractivity (Wildman–Crippen MR) is 93.9 cm³/mol. The molecule has 0 spiro atoms. The Kier molecular flexibility index (Phi) is 4.67. The molecule has 0 radical (unpaired) electrons. The molecular weight excluding hydrogens is 337 g/mol. The maximum atomic E-state index is 12.8. The van der Waals surface area contributed by atoms with Gasteiger partial charge in [0.15, 0.2) is 0 Å². The summed E-state index contributed by atoms with van der Waals surface area (Å²) in [5, 5.41) is 0.972. The van der Waals surface area contributed by atoms with E-state index in [4.69, 9.17) is 23.2 Å². The first-order valence-electron chi connectivity index (χ1n) is 7.01. The highest BCUT2D eigenvalue weighted by atomic mass is 35.5. The molecule has 1 fully saturated rings. The second-order valence-electron chi connectivity index (χ2n) is 5.23. The van der Waals surface area contributed by atoms with Crippen molar-refractivity contribution in [2.45, 2.75) is 12.3 Å². The van der Waals surface area contributed by atoms with Gasteiger partial charge in [-0.05, 0) is 25.1 Å². The van der Waals surface area contributed by atoms with Crippen LogP contribution in [0.3, 0.4) is 0 Å². The third kappa shape index (κ3) is 2.98. The van der Waals surface area contributed by atoms with E-state index in [-0.39, 0.29) is 11.3 Å². The Bertz CT molecular complexity index is 702. The van der Waals surface area contributed by atoms with Crippen molar-refractivity contribution in [2.75, 3.05) is 12.3 Å². The van der Waals surface area contributed by atoms with Crippen LogP contribution in [-0.4, -0.2) is 23.1 Å². The molecule has 0 aromatic heterocycles. The Morgan fingerprint density at radius 2 is 1.91 bits per heavy atom. The Labute approximate surface area is 144 Å². The normalized spacial score (nSPS) is 17.8. The van der Waals surface area contributed by atoms with Crippen molar-refractivity contribution in [2.24, 2.45) is 0 Å². The molecule has 5 heteroatoms. The third-order valence-electron chi connectivity index (χ3n) is 3.70. The van der Waals surface area contributed by atoms with Gasteiger partial charge in [-0.1, -0.05) is 53.0 Å². The van der Waals surface area contributed by atoms with Crippen LogP contribution in [0.2, 0.25) is 10.0 Å². The second-order valence-corrected chi connectivity index (χ2v) is 7.20. The molecule has 0 N–H and O–H groups in total. The number of thioether (sulfide) groups is 1. The first kappa shape index (κ1) is 15.7. The minimum Gasteiger partial charge on any atom is -0.322 e. The summed E-state index contributed by atoms with van der Waals surface area (Å²) in [7, 11) is 0. The smallest absolute Gasteiger partial charge is 0.255 e. The highest BCUT2D eigenvalue weighted by Crippen LogP contribution is 2.43. The van der Waals surface area contributed by atoms with Gasteiger partial charge in [0.1, 0.15) is 5.37 Å². The summed E-state index contributed by atoms with van der Waals surface area (Å²) in [6, 6.07) is 13.2. The monoisotopic (exact) mass is 351 g/mol. The zero-order chi connectivity index (χ0) is 15.7. The second kappa shape index (κ2) is 6.53. The number of hydrogen-bond donors (Lipinski definition) is 0. The van der Waals surface area contributed by atoms with Crippen LogP contribution in [0.15, 0.2) is 42.5 Å². The zero-order valence-corrected chi connectivity index (χ0v) is 14.4. The van der Waals surface area contributed by atoms with Gasteiger partial charge in [0.05, 0.1) is 10.0 Å². The van der Waals surface area contributed by atoms with Gasteiger partial charge in [0.25, 0.3) is 5.91 Å². The summed E-state index contributed by atoms with van der Waals surface area (Å²) < 4.78 is 0. The number of nitrogens with zero attached hydrogens (tertiary/aromatic N) is 1. The van der Waals surface area contributed by atoms with Crippen LogP contribution in [0.5, 0.6) is 0 Å². The van der Waals surface area contributed by atoms with Gasteiger partial charge in [-0.25, -0.2) is 0 Å². The Balaban J connectivity index is 1.91. The lowest BCUT2D eigenvalue weighted by Gasteiger charge is -2.25. The lowest BCUT2D eigenvalue weighted by molar-refractivity contribution is 0.0760. The molecule has 3 rings (SSSR count). The van der Waals surface area contributed by atoms with Gasteiger partial charge in [-0.15, -0.1) is 11.8 Å². The third-order valence-corrected chi connectivity index (χ3v) is 5.77. The number of carbonyl (C=O) groups is 1. The van der Waals surface area contributed by atoms with Crippen LogP contribution in [0, 0.1) is 6.92 Å². The summed E-state index contributed by atoms with van der Waals surface area (Å²) >= 11 is 14.2. The molecule has 0 bridgehead atoms. The minimum absolute atomic E-state index is 0.0334. The quantitative estimate of drug-likeness (QED) is 0.741. The molecule has 1 amide bonds. The van der Waals surface area contributed by atoms with Crippen molar-refractivity contribution in [3.8, 4) is 0 Å². The Morgan fingerprint density at radius 3 is 2.64 bits per heavy atom. The number of hydrogen-bond acceptors (Lipinski definition) is 2. The molecular formula is C17H15Cl2NOS. The molecule has 1 heterocycles. The lowest BCUT2D eigenvalue weighted by Crippen LogP contribution is -2.30. The molecule has 0 aliphatic carbocycles. The van der Waals surface area contributed by atoms with E-state index in [0.717, 1.165) is 16.9 Å². The summed E-state index contributed by atoms with van der Waals surface area (Å²) in [5.41, 5.74) is 2.75. The molecule has 2 nitrogen and oxygen atoms in total. The maximum absolute atomic E-state index is 12.8. The van der Waals surface area contributed by atoms with E-state index in [1.165, 1.54) is 0 Å². The van der Waals surface area contributed by atoms with E-state index in [9.17, 15) is 4.79 Å². The van der Waals surface area contributed by atoms with Crippen molar-refractivity contribution in [1.82, 2.24) is 4.90 Å². The summed E-state index contributed by atoms with van der Waals surface area (Å²) in [6.45, 7) is 2.72. The molecule has 1 aliphatic rings. The van der Waals surface area contributed by atoms with Crippen molar-refractivity contribution >= 4 is 40.9 Å². The fourth-order valence-corrected chi connectivity index (χ4v) is 4.27. The van der Waals surface area contributed by atoms with Crippen LogP contribution in [0.1, 0.15) is 26.9 Å². The fourth-order valence-electron chi connectivity index (χ4n) is 2.51. The first-order chi connectivity index (χ1) is 10.6. The SMILES string of the molecule is Cc1ccc(C(=O)N2CCSC2c2cccc(Cl)c2Cl)cc1. The van der Waals surface area contributed by atoms with E-state index in [0.29, 0.717) is 22.2 Å². The van der Waals surface area contributed by atoms with E-state index in [1.807, 2.05) is 48.2 Å². The molecule has 1 atom stereocenters. The van der Waals surface area contributed by atoms with Gasteiger partial charge >= 0.3 is 0 Å². The summed E-state index contributed by atoms with van der Waals surface area (Å²) in [6.07, 6.45) is 0. The molecule has 22 heavy (non-hydrogen) atoms. The number of halogens is 2. The van der Waals surface area contributed by atoms with Crippen molar-refractivity contribution < 1.29 is 4.79 Å². The van der Waals surface area contributed by atoms with E-state index < -0.39 is 0 Å². The molecule has 114 valence electrons. The van der Waals surface area contributed by atoms with Gasteiger partial charge < -0.3 is 4.90 Å². The van der Waals surface area contributed by atoms with Gasteiger partial charge in [-0.2, -0.15) is 0 Å². The molecule has 1 saturated heterocycles. The van der Waals surface area contributed by atoms with Gasteiger partial charge in [0, 0.05) is 23.4 Å². The molecule has 1 aliphatic heterocycles.